The van der Waals surface area contributed by atoms with Crippen LogP contribution in [0.2, 0.25) is 0 Å². The van der Waals surface area contributed by atoms with Crippen LogP contribution in [0.5, 0.6) is 0 Å². The van der Waals surface area contributed by atoms with Crippen LogP contribution in [0.1, 0.15) is 12.8 Å². The van der Waals surface area contributed by atoms with Gasteiger partial charge in [0.15, 0.2) is 0 Å². The SMILES string of the molecule is CN1C=CCC2=C1CCNC2=O. The maximum atomic E-state index is 11.3. The minimum atomic E-state index is 0.104. The molecule has 2 aliphatic heterocycles. The molecule has 1 amide bonds. The van der Waals surface area contributed by atoms with Gasteiger partial charge in [0.2, 0.25) is 5.91 Å². The highest BCUT2D eigenvalue weighted by Crippen LogP contribution is 2.23. The Morgan fingerprint density at radius 1 is 1.58 bits per heavy atom. The fourth-order valence-corrected chi connectivity index (χ4v) is 1.70. The number of amides is 1. The molecule has 1 N–H and O–H groups in total. The number of hydrogen-bond acceptors (Lipinski definition) is 2. The lowest BCUT2D eigenvalue weighted by Gasteiger charge is -2.29. The lowest BCUT2D eigenvalue weighted by atomic mass is 10.0. The molecule has 0 aliphatic carbocycles. The van der Waals surface area contributed by atoms with Gasteiger partial charge in [-0.15, -0.1) is 0 Å². The second-order valence-electron chi connectivity index (χ2n) is 3.13. The molecule has 0 aromatic heterocycles. The van der Waals surface area contributed by atoms with Crippen molar-refractivity contribution in [2.45, 2.75) is 12.8 Å². The monoisotopic (exact) mass is 164 g/mol. The number of carbonyl (C=O) groups excluding carboxylic acids is 1. The van der Waals surface area contributed by atoms with Crippen molar-refractivity contribution in [1.82, 2.24) is 10.2 Å². The van der Waals surface area contributed by atoms with Crippen molar-refractivity contribution in [3.05, 3.63) is 23.5 Å². The van der Waals surface area contributed by atoms with E-state index in [1.807, 2.05) is 24.2 Å². The van der Waals surface area contributed by atoms with Crippen LogP contribution >= 0.6 is 0 Å². The molecule has 0 aromatic rings. The fourth-order valence-electron chi connectivity index (χ4n) is 1.70. The summed E-state index contributed by atoms with van der Waals surface area (Å²) in [4.78, 5) is 13.4. The van der Waals surface area contributed by atoms with E-state index in [1.165, 1.54) is 5.70 Å². The van der Waals surface area contributed by atoms with Gasteiger partial charge < -0.3 is 10.2 Å². The topological polar surface area (TPSA) is 32.3 Å². The van der Waals surface area contributed by atoms with E-state index < -0.39 is 0 Å². The van der Waals surface area contributed by atoms with Gasteiger partial charge >= 0.3 is 0 Å². The normalized spacial score (nSPS) is 22.4. The molecule has 2 rings (SSSR count). The highest BCUT2D eigenvalue weighted by Gasteiger charge is 2.22. The van der Waals surface area contributed by atoms with E-state index in [0.29, 0.717) is 0 Å². The smallest absolute Gasteiger partial charge is 0.249 e. The standard InChI is InChI=1S/C9H12N2O/c1-11-6-2-3-7-8(11)4-5-10-9(7)12/h2,6H,3-5H2,1H3,(H,10,12). The summed E-state index contributed by atoms with van der Waals surface area (Å²) in [6, 6.07) is 0. The van der Waals surface area contributed by atoms with E-state index in [4.69, 9.17) is 0 Å². The molecule has 0 radical (unpaired) electrons. The summed E-state index contributed by atoms with van der Waals surface area (Å²) >= 11 is 0. The van der Waals surface area contributed by atoms with Gasteiger partial charge in [0.05, 0.1) is 0 Å². The maximum Gasteiger partial charge on any atom is 0.249 e. The van der Waals surface area contributed by atoms with Gasteiger partial charge in [-0.3, -0.25) is 4.79 Å². The number of allylic oxidation sites excluding steroid dienone is 1. The highest BCUT2D eigenvalue weighted by atomic mass is 16.1. The molecule has 3 nitrogen and oxygen atoms in total. The molecule has 12 heavy (non-hydrogen) atoms. The number of nitrogens with zero attached hydrogens (tertiary/aromatic N) is 1. The van der Waals surface area contributed by atoms with Crippen LogP contribution in [0.3, 0.4) is 0 Å². The van der Waals surface area contributed by atoms with Crippen molar-refractivity contribution < 1.29 is 4.79 Å². The van der Waals surface area contributed by atoms with Gasteiger partial charge in [-0.1, -0.05) is 6.08 Å². The predicted molar refractivity (Wildman–Crippen MR) is 46.2 cm³/mol. The summed E-state index contributed by atoms with van der Waals surface area (Å²) in [6.45, 7) is 0.774. The second kappa shape index (κ2) is 2.66. The fraction of sp³-hybridized carbons (Fsp3) is 0.444. The molecule has 0 saturated carbocycles. The third kappa shape index (κ3) is 1.02. The molecule has 0 aromatic carbocycles. The molecule has 0 atom stereocenters. The molecule has 2 aliphatic rings. The highest BCUT2D eigenvalue weighted by molar-refractivity contribution is 5.95. The number of carbonyl (C=O) groups is 1. The third-order valence-corrected chi connectivity index (χ3v) is 2.35. The Morgan fingerprint density at radius 3 is 3.17 bits per heavy atom. The number of nitrogens with one attached hydrogen (secondary N) is 1. The van der Waals surface area contributed by atoms with Crippen LogP contribution in [-0.2, 0) is 4.79 Å². The zero-order valence-corrected chi connectivity index (χ0v) is 7.13. The summed E-state index contributed by atoms with van der Waals surface area (Å²) < 4.78 is 0. The first-order chi connectivity index (χ1) is 5.79. The summed E-state index contributed by atoms with van der Waals surface area (Å²) in [6.07, 6.45) is 5.79. The first kappa shape index (κ1) is 7.40. The molecule has 3 heteroatoms. The molecule has 0 fully saturated rings. The van der Waals surface area contributed by atoms with Gasteiger partial charge in [-0.25, -0.2) is 0 Å². The van der Waals surface area contributed by atoms with Crippen molar-refractivity contribution in [2.24, 2.45) is 0 Å². The average Bonchev–Trinajstić information content (AvgIpc) is 2.07. The third-order valence-electron chi connectivity index (χ3n) is 2.35. The van der Waals surface area contributed by atoms with Crippen LogP contribution in [-0.4, -0.2) is 24.4 Å². The second-order valence-corrected chi connectivity index (χ2v) is 3.13. The molecule has 2 heterocycles. The van der Waals surface area contributed by atoms with Crippen LogP contribution in [0.25, 0.3) is 0 Å². The Hall–Kier alpha value is -1.25. The lowest BCUT2D eigenvalue weighted by molar-refractivity contribution is -0.118. The minimum Gasteiger partial charge on any atom is -0.354 e. The van der Waals surface area contributed by atoms with Crippen LogP contribution in [0, 0.1) is 0 Å². The van der Waals surface area contributed by atoms with Crippen LogP contribution in [0.15, 0.2) is 23.5 Å². The first-order valence-electron chi connectivity index (χ1n) is 4.19. The Balaban J connectivity index is 2.35. The van der Waals surface area contributed by atoms with Crippen molar-refractivity contribution in [3.63, 3.8) is 0 Å². The van der Waals surface area contributed by atoms with E-state index in [0.717, 1.165) is 25.0 Å². The van der Waals surface area contributed by atoms with Gasteiger partial charge in [0, 0.05) is 31.3 Å². The van der Waals surface area contributed by atoms with Crippen LogP contribution in [0.4, 0.5) is 0 Å². The molecule has 0 bridgehead atoms. The molecule has 0 unspecified atom stereocenters. The Morgan fingerprint density at radius 2 is 2.42 bits per heavy atom. The Bertz CT molecular complexity index is 278. The Labute approximate surface area is 71.7 Å². The van der Waals surface area contributed by atoms with Gasteiger partial charge in [-0.2, -0.15) is 0 Å². The van der Waals surface area contributed by atoms with Gasteiger partial charge in [0.25, 0.3) is 0 Å². The summed E-state index contributed by atoms with van der Waals surface area (Å²) in [5.41, 5.74) is 2.12. The minimum absolute atomic E-state index is 0.104. The van der Waals surface area contributed by atoms with Crippen LogP contribution < -0.4 is 5.32 Å². The lowest BCUT2D eigenvalue weighted by Crippen LogP contribution is -2.36. The number of rotatable bonds is 0. The molecule has 0 spiro atoms. The summed E-state index contributed by atoms with van der Waals surface area (Å²) in [5.74, 6) is 0.104. The molecule has 0 saturated heterocycles. The zero-order chi connectivity index (χ0) is 8.55. The Kier molecular flexibility index (Phi) is 1.64. The van der Waals surface area contributed by atoms with Crippen molar-refractivity contribution in [2.75, 3.05) is 13.6 Å². The first-order valence-corrected chi connectivity index (χ1v) is 4.19. The number of hydrogen-bond donors (Lipinski definition) is 1. The van der Waals surface area contributed by atoms with E-state index in [9.17, 15) is 4.79 Å². The van der Waals surface area contributed by atoms with E-state index in [2.05, 4.69) is 5.32 Å². The predicted octanol–water partition coefficient (Wildman–Crippen LogP) is 0.610. The molecular weight excluding hydrogens is 152 g/mol. The van der Waals surface area contributed by atoms with E-state index in [1.54, 1.807) is 0 Å². The van der Waals surface area contributed by atoms with Gasteiger partial charge in [-0.05, 0) is 12.6 Å². The van der Waals surface area contributed by atoms with Gasteiger partial charge in [0.1, 0.15) is 0 Å². The van der Waals surface area contributed by atoms with E-state index in [-0.39, 0.29) is 5.91 Å². The summed E-state index contributed by atoms with van der Waals surface area (Å²) in [7, 11) is 1.99. The maximum absolute atomic E-state index is 11.3. The largest absolute Gasteiger partial charge is 0.354 e. The quantitative estimate of drug-likeness (QED) is 0.569. The van der Waals surface area contributed by atoms with E-state index >= 15 is 0 Å². The van der Waals surface area contributed by atoms with Crippen molar-refractivity contribution in [1.29, 1.82) is 0 Å². The zero-order valence-electron chi connectivity index (χ0n) is 7.13. The van der Waals surface area contributed by atoms with Crippen molar-refractivity contribution in [3.8, 4) is 0 Å². The molecular formula is C9H12N2O. The van der Waals surface area contributed by atoms with Crippen molar-refractivity contribution >= 4 is 5.91 Å². The average molecular weight is 164 g/mol. The summed E-state index contributed by atoms with van der Waals surface area (Å²) in [5, 5.41) is 2.84. The molecule has 64 valence electrons.